The Bertz CT molecular complexity index is 888. The van der Waals surface area contributed by atoms with Gasteiger partial charge in [0.1, 0.15) is 0 Å². The van der Waals surface area contributed by atoms with Gasteiger partial charge in [-0.15, -0.1) is 0 Å². The minimum atomic E-state index is -0.267. The van der Waals surface area contributed by atoms with Gasteiger partial charge in [0, 0.05) is 5.56 Å². The molecule has 1 amide bonds. The number of hydrogen-bond acceptors (Lipinski definition) is 4. The molecule has 5 heteroatoms. The Hall–Kier alpha value is -3.73. The summed E-state index contributed by atoms with van der Waals surface area (Å²) in [5.41, 5.74) is 8.69. The monoisotopic (exact) mass is 342 g/mol. The summed E-state index contributed by atoms with van der Waals surface area (Å²) in [5, 5.41) is 8.13. The summed E-state index contributed by atoms with van der Waals surface area (Å²) in [7, 11) is 0. The molecular formula is C21H18N4O. The van der Waals surface area contributed by atoms with Crippen molar-refractivity contribution in [1.82, 2.24) is 5.43 Å². The molecule has 0 aliphatic carbocycles. The molecule has 3 aromatic carbocycles. The number of hydrogen-bond donors (Lipinski definition) is 2. The molecule has 0 aliphatic rings. The van der Waals surface area contributed by atoms with Crippen LogP contribution in [-0.2, 0) is 0 Å². The van der Waals surface area contributed by atoms with Crippen LogP contribution in [0.15, 0.2) is 95.1 Å². The lowest BCUT2D eigenvalue weighted by atomic mass is 10.2. The van der Waals surface area contributed by atoms with E-state index in [-0.39, 0.29) is 5.91 Å². The largest absolute Gasteiger partial charge is 0.279 e. The van der Waals surface area contributed by atoms with Crippen molar-refractivity contribution in [3.8, 4) is 0 Å². The first-order valence-electron chi connectivity index (χ1n) is 8.14. The van der Waals surface area contributed by atoms with E-state index in [0.717, 1.165) is 16.8 Å². The minimum absolute atomic E-state index is 0.267. The lowest BCUT2D eigenvalue weighted by Crippen LogP contribution is -2.17. The molecule has 0 atom stereocenters. The van der Waals surface area contributed by atoms with Gasteiger partial charge >= 0.3 is 0 Å². The number of carbonyl (C=O) groups is 1. The molecule has 0 saturated carbocycles. The topological polar surface area (TPSA) is 65.8 Å². The predicted molar refractivity (Wildman–Crippen MR) is 106 cm³/mol. The van der Waals surface area contributed by atoms with E-state index < -0.39 is 0 Å². The van der Waals surface area contributed by atoms with Gasteiger partial charge in [0.15, 0.2) is 0 Å². The summed E-state index contributed by atoms with van der Waals surface area (Å²) in [6, 6.07) is 26.4. The molecule has 26 heavy (non-hydrogen) atoms. The molecule has 3 rings (SSSR count). The number of nitrogens with one attached hydrogen (secondary N) is 2. The molecule has 5 nitrogen and oxygen atoms in total. The van der Waals surface area contributed by atoms with Gasteiger partial charge in [-0.2, -0.15) is 10.2 Å². The molecule has 0 fully saturated rings. The Kier molecular flexibility index (Phi) is 5.88. The second-order valence-electron chi connectivity index (χ2n) is 5.47. The highest BCUT2D eigenvalue weighted by molar-refractivity contribution is 5.95. The van der Waals surface area contributed by atoms with Gasteiger partial charge in [-0.3, -0.25) is 10.2 Å². The number of amides is 1. The van der Waals surface area contributed by atoms with Crippen LogP contribution in [0.2, 0.25) is 0 Å². The number of anilines is 1. The van der Waals surface area contributed by atoms with Gasteiger partial charge < -0.3 is 0 Å². The number of carbonyl (C=O) groups excluding carboxylic acids is 1. The standard InChI is InChI=1S/C21H18N4O/c26-21(25-23-16-18-9-5-2-6-10-18)19-11-13-20(14-12-19)24-22-15-17-7-3-1-4-8-17/h1-16,24H,(H,25,26)/b22-15-,23-16-. The summed E-state index contributed by atoms with van der Waals surface area (Å²) < 4.78 is 0. The maximum absolute atomic E-state index is 12.1. The molecule has 0 heterocycles. The third-order valence-corrected chi connectivity index (χ3v) is 3.53. The van der Waals surface area contributed by atoms with Gasteiger partial charge in [0.25, 0.3) is 5.91 Å². The molecule has 3 aromatic rings. The first kappa shape index (κ1) is 17.1. The highest BCUT2D eigenvalue weighted by Crippen LogP contribution is 2.09. The predicted octanol–water partition coefficient (Wildman–Crippen LogP) is 3.90. The van der Waals surface area contributed by atoms with E-state index in [1.54, 1.807) is 36.7 Å². The normalized spacial score (nSPS) is 10.9. The van der Waals surface area contributed by atoms with Gasteiger partial charge in [0.05, 0.1) is 18.1 Å². The lowest BCUT2D eigenvalue weighted by Gasteiger charge is -2.03. The Balaban J connectivity index is 1.52. The van der Waals surface area contributed by atoms with E-state index in [1.165, 1.54) is 0 Å². The summed E-state index contributed by atoms with van der Waals surface area (Å²) in [5.74, 6) is -0.267. The molecule has 128 valence electrons. The van der Waals surface area contributed by atoms with Crippen molar-refractivity contribution in [3.05, 3.63) is 102 Å². The zero-order valence-corrected chi connectivity index (χ0v) is 14.0. The van der Waals surface area contributed by atoms with Crippen molar-refractivity contribution in [2.45, 2.75) is 0 Å². The quantitative estimate of drug-likeness (QED) is 0.527. The van der Waals surface area contributed by atoms with Crippen molar-refractivity contribution in [3.63, 3.8) is 0 Å². The summed E-state index contributed by atoms with van der Waals surface area (Å²) in [6.07, 6.45) is 3.34. The molecular weight excluding hydrogens is 324 g/mol. The molecule has 0 aromatic heterocycles. The third-order valence-electron chi connectivity index (χ3n) is 3.53. The Morgan fingerprint density at radius 2 is 1.23 bits per heavy atom. The van der Waals surface area contributed by atoms with Crippen molar-refractivity contribution in [2.75, 3.05) is 5.43 Å². The molecule has 0 unspecified atom stereocenters. The fourth-order valence-corrected chi connectivity index (χ4v) is 2.19. The summed E-state index contributed by atoms with van der Waals surface area (Å²) >= 11 is 0. The van der Waals surface area contributed by atoms with Gasteiger partial charge in [0.2, 0.25) is 0 Å². The van der Waals surface area contributed by atoms with Crippen molar-refractivity contribution in [1.29, 1.82) is 0 Å². The van der Waals surface area contributed by atoms with Crippen LogP contribution in [0, 0.1) is 0 Å². The average Bonchev–Trinajstić information content (AvgIpc) is 2.70. The van der Waals surface area contributed by atoms with E-state index in [2.05, 4.69) is 21.1 Å². The number of benzene rings is 3. The Labute approximate surface area is 152 Å². The zero-order valence-electron chi connectivity index (χ0n) is 14.0. The smallest absolute Gasteiger partial charge is 0.271 e. The van der Waals surface area contributed by atoms with Crippen LogP contribution in [0.25, 0.3) is 0 Å². The fraction of sp³-hybridized carbons (Fsp3) is 0. The highest BCUT2D eigenvalue weighted by atomic mass is 16.2. The molecule has 0 spiro atoms. The van der Waals surface area contributed by atoms with Crippen LogP contribution in [0.4, 0.5) is 5.69 Å². The van der Waals surface area contributed by atoms with Gasteiger partial charge in [-0.05, 0) is 35.4 Å². The third kappa shape index (κ3) is 5.14. The maximum Gasteiger partial charge on any atom is 0.271 e. The van der Waals surface area contributed by atoms with Crippen molar-refractivity contribution in [2.24, 2.45) is 10.2 Å². The molecule has 0 saturated heterocycles. The molecule has 2 N–H and O–H groups in total. The van der Waals surface area contributed by atoms with Gasteiger partial charge in [-0.25, -0.2) is 5.43 Å². The van der Waals surface area contributed by atoms with E-state index in [4.69, 9.17) is 0 Å². The van der Waals surface area contributed by atoms with E-state index in [9.17, 15) is 4.79 Å². The average molecular weight is 342 g/mol. The van der Waals surface area contributed by atoms with Gasteiger partial charge in [-0.1, -0.05) is 60.7 Å². The number of hydrazone groups is 2. The van der Waals surface area contributed by atoms with E-state index in [1.807, 2.05) is 60.7 Å². The summed E-state index contributed by atoms with van der Waals surface area (Å²) in [6.45, 7) is 0. The number of nitrogens with zero attached hydrogens (tertiary/aromatic N) is 2. The molecule has 0 bridgehead atoms. The van der Waals surface area contributed by atoms with Crippen LogP contribution < -0.4 is 10.9 Å². The first-order chi connectivity index (χ1) is 12.8. The van der Waals surface area contributed by atoms with Crippen LogP contribution in [0.5, 0.6) is 0 Å². The molecule has 0 aliphatic heterocycles. The van der Waals surface area contributed by atoms with Crippen LogP contribution in [0.3, 0.4) is 0 Å². The SMILES string of the molecule is O=C(N/N=C\c1ccccc1)c1ccc(N/N=C\c2ccccc2)cc1. The minimum Gasteiger partial charge on any atom is -0.279 e. The fourth-order valence-electron chi connectivity index (χ4n) is 2.19. The maximum atomic E-state index is 12.1. The van der Waals surface area contributed by atoms with Crippen molar-refractivity contribution < 1.29 is 4.79 Å². The van der Waals surface area contributed by atoms with E-state index in [0.29, 0.717) is 5.56 Å². The Morgan fingerprint density at radius 1 is 0.692 bits per heavy atom. The summed E-state index contributed by atoms with van der Waals surface area (Å²) in [4.78, 5) is 12.1. The van der Waals surface area contributed by atoms with Crippen LogP contribution >= 0.6 is 0 Å². The highest BCUT2D eigenvalue weighted by Gasteiger charge is 2.03. The van der Waals surface area contributed by atoms with Crippen LogP contribution in [-0.4, -0.2) is 18.3 Å². The lowest BCUT2D eigenvalue weighted by molar-refractivity contribution is 0.0955. The second-order valence-corrected chi connectivity index (χ2v) is 5.47. The molecule has 0 radical (unpaired) electrons. The number of rotatable bonds is 6. The Morgan fingerprint density at radius 3 is 1.81 bits per heavy atom. The van der Waals surface area contributed by atoms with E-state index >= 15 is 0 Å². The second kappa shape index (κ2) is 8.94. The van der Waals surface area contributed by atoms with Crippen molar-refractivity contribution >= 4 is 24.0 Å². The van der Waals surface area contributed by atoms with Crippen LogP contribution in [0.1, 0.15) is 21.5 Å². The first-order valence-corrected chi connectivity index (χ1v) is 8.14. The zero-order chi connectivity index (χ0) is 18.0.